The Morgan fingerprint density at radius 3 is 2.82 bits per heavy atom. The molecule has 1 saturated carbocycles. The van der Waals surface area contributed by atoms with E-state index in [1.54, 1.807) is 0 Å². The molecule has 4 nitrogen and oxygen atoms in total. The predicted octanol–water partition coefficient (Wildman–Crippen LogP) is 1.06. The molecule has 98 valence electrons. The summed E-state index contributed by atoms with van der Waals surface area (Å²) in [6, 6.07) is -0.186. The number of amides is 1. The molecule has 0 aromatic rings. The Morgan fingerprint density at radius 2 is 2.18 bits per heavy atom. The summed E-state index contributed by atoms with van der Waals surface area (Å²) in [5.41, 5.74) is 0.314. The largest absolute Gasteiger partial charge is 0.375 e. The highest BCUT2D eigenvalue weighted by Gasteiger charge is 2.32. The van der Waals surface area contributed by atoms with Crippen LogP contribution in [-0.2, 0) is 9.53 Å². The summed E-state index contributed by atoms with van der Waals surface area (Å²) in [6.45, 7) is 6.49. The van der Waals surface area contributed by atoms with Gasteiger partial charge in [-0.2, -0.15) is 0 Å². The lowest BCUT2D eigenvalue weighted by Gasteiger charge is -2.31. The lowest BCUT2D eigenvalue weighted by molar-refractivity contribution is -0.129. The highest BCUT2D eigenvalue weighted by molar-refractivity contribution is 5.82. The molecule has 1 aliphatic heterocycles. The first-order valence-corrected chi connectivity index (χ1v) is 6.73. The fourth-order valence-electron chi connectivity index (χ4n) is 2.84. The van der Waals surface area contributed by atoms with Gasteiger partial charge in [0.05, 0.1) is 12.7 Å². The van der Waals surface area contributed by atoms with E-state index < -0.39 is 0 Å². The molecular weight excluding hydrogens is 216 g/mol. The van der Waals surface area contributed by atoms with Crippen LogP contribution in [0.3, 0.4) is 0 Å². The number of rotatable bonds is 3. The average molecular weight is 240 g/mol. The van der Waals surface area contributed by atoms with Crippen LogP contribution in [0.15, 0.2) is 0 Å². The Balaban J connectivity index is 1.80. The van der Waals surface area contributed by atoms with Crippen LogP contribution in [0.2, 0.25) is 0 Å². The summed E-state index contributed by atoms with van der Waals surface area (Å²) in [4.78, 5) is 12.1. The molecule has 0 unspecified atom stereocenters. The van der Waals surface area contributed by atoms with Crippen molar-refractivity contribution in [3.63, 3.8) is 0 Å². The summed E-state index contributed by atoms with van der Waals surface area (Å²) < 4.78 is 5.49. The van der Waals surface area contributed by atoms with Crippen molar-refractivity contribution in [3.05, 3.63) is 0 Å². The highest BCUT2D eigenvalue weighted by atomic mass is 16.5. The standard InChI is InChI=1S/C13H24N2O2/c1-10-11(14-7-8-17-10)12(16)15-9-13(2)5-3-4-6-13/h10-11,14H,3-9H2,1-2H3,(H,15,16)/t10-,11+/m1/s1. The molecule has 0 bridgehead atoms. The van der Waals surface area contributed by atoms with Gasteiger partial charge in [0, 0.05) is 13.1 Å². The van der Waals surface area contributed by atoms with Crippen LogP contribution in [0.4, 0.5) is 0 Å². The molecule has 0 radical (unpaired) electrons. The zero-order valence-electron chi connectivity index (χ0n) is 10.9. The molecule has 0 spiro atoms. The van der Waals surface area contributed by atoms with Gasteiger partial charge >= 0.3 is 0 Å². The van der Waals surface area contributed by atoms with Gasteiger partial charge in [0.1, 0.15) is 6.04 Å². The first kappa shape index (κ1) is 12.8. The van der Waals surface area contributed by atoms with Gasteiger partial charge in [-0.25, -0.2) is 0 Å². The second-order valence-corrected chi connectivity index (χ2v) is 5.74. The van der Waals surface area contributed by atoms with Crippen LogP contribution in [0.1, 0.15) is 39.5 Å². The van der Waals surface area contributed by atoms with Gasteiger partial charge in [-0.1, -0.05) is 19.8 Å². The van der Waals surface area contributed by atoms with Crippen LogP contribution in [0.25, 0.3) is 0 Å². The van der Waals surface area contributed by atoms with E-state index in [9.17, 15) is 4.79 Å². The van der Waals surface area contributed by atoms with Gasteiger partial charge in [0.15, 0.2) is 0 Å². The number of ether oxygens (including phenoxy) is 1. The normalized spacial score (nSPS) is 32.4. The van der Waals surface area contributed by atoms with E-state index in [1.807, 2.05) is 6.92 Å². The van der Waals surface area contributed by atoms with Crippen LogP contribution in [0, 0.1) is 5.41 Å². The van der Waals surface area contributed by atoms with Crippen LogP contribution < -0.4 is 10.6 Å². The van der Waals surface area contributed by atoms with Crippen molar-refractivity contribution in [2.24, 2.45) is 5.41 Å². The van der Waals surface area contributed by atoms with E-state index >= 15 is 0 Å². The maximum Gasteiger partial charge on any atom is 0.239 e. The fourth-order valence-corrected chi connectivity index (χ4v) is 2.84. The lowest BCUT2D eigenvalue weighted by Crippen LogP contribution is -2.56. The van der Waals surface area contributed by atoms with E-state index in [1.165, 1.54) is 25.7 Å². The van der Waals surface area contributed by atoms with E-state index in [-0.39, 0.29) is 18.1 Å². The summed E-state index contributed by atoms with van der Waals surface area (Å²) >= 11 is 0. The molecule has 2 N–H and O–H groups in total. The smallest absolute Gasteiger partial charge is 0.239 e. The molecule has 2 rings (SSSR count). The topological polar surface area (TPSA) is 50.4 Å². The van der Waals surface area contributed by atoms with E-state index in [0.717, 1.165) is 13.1 Å². The monoisotopic (exact) mass is 240 g/mol. The maximum absolute atomic E-state index is 12.1. The zero-order chi connectivity index (χ0) is 12.3. The van der Waals surface area contributed by atoms with E-state index in [2.05, 4.69) is 17.6 Å². The molecule has 1 amide bonds. The number of nitrogens with one attached hydrogen (secondary N) is 2. The van der Waals surface area contributed by atoms with Crippen LogP contribution in [-0.4, -0.2) is 37.7 Å². The number of carbonyl (C=O) groups excluding carboxylic acids is 1. The second-order valence-electron chi connectivity index (χ2n) is 5.74. The minimum Gasteiger partial charge on any atom is -0.375 e. The molecule has 0 aromatic carbocycles. The molecule has 0 aromatic heterocycles. The maximum atomic E-state index is 12.1. The summed E-state index contributed by atoms with van der Waals surface area (Å²) in [5, 5.41) is 6.30. The molecule has 1 aliphatic carbocycles. The van der Waals surface area contributed by atoms with Crippen molar-refractivity contribution in [2.75, 3.05) is 19.7 Å². The third kappa shape index (κ3) is 3.19. The summed E-state index contributed by atoms with van der Waals surface area (Å²) in [7, 11) is 0. The molecule has 1 heterocycles. The third-order valence-corrected chi connectivity index (χ3v) is 4.10. The van der Waals surface area contributed by atoms with Crippen molar-refractivity contribution < 1.29 is 9.53 Å². The number of hydrogen-bond donors (Lipinski definition) is 2. The van der Waals surface area contributed by atoms with Gasteiger partial charge in [0.25, 0.3) is 0 Å². The minimum atomic E-state index is -0.186. The molecule has 2 atom stereocenters. The van der Waals surface area contributed by atoms with Crippen molar-refractivity contribution in [1.82, 2.24) is 10.6 Å². The zero-order valence-corrected chi connectivity index (χ0v) is 10.9. The van der Waals surface area contributed by atoms with Gasteiger partial charge in [0.2, 0.25) is 5.91 Å². The van der Waals surface area contributed by atoms with Crippen molar-refractivity contribution in [1.29, 1.82) is 0 Å². The second kappa shape index (κ2) is 5.36. The molecule has 4 heteroatoms. The average Bonchev–Trinajstić information content (AvgIpc) is 2.74. The summed E-state index contributed by atoms with van der Waals surface area (Å²) in [6.07, 6.45) is 5.04. The molecule has 2 fully saturated rings. The number of carbonyl (C=O) groups is 1. The fraction of sp³-hybridized carbons (Fsp3) is 0.923. The van der Waals surface area contributed by atoms with Crippen molar-refractivity contribution in [3.8, 4) is 0 Å². The predicted molar refractivity (Wildman–Crippen MR) is 66.8 cm³/mol. The van der Waals surface area contributed by atoms with E-state index in [0.29, 0.717) is 12.0 Å². The third-order valence-electron chi connectivity index (χ3n) is 4.10. The Kier molecular flexibility index (Phi) is 4.05. The Morgan fingerprint density at radius 1 is 1.47 bits per heavy atom. The van der Waals surface area contributed by atoms with Gasteiger partial charge in [-0.3, -0.25) is 4.79 Å². The lowest BCUT2D eigenvalue weighted by atomic mass is 9.89. The SMILES string of the molecule is C[C@H]1OCCN[C@@H]1C(=O)NCC1(C)CCCC1. The van der Waals surface area contributed by atoms with Crippen LogP contribution in [0.5, 0.6) is 0 Å². The van der Waals surface area contributed by atoms with Gasteiger partial charge in [-0.15, -0.1) is 0 Å². The van der Waals surface area contributed by atoms with E-state index in [4.69, 9.17) is 4.74 Å². The Bertz CT molecular complexity index is 275. The highest BCUT2D eigenvalue weighted by Crippen LogP contribution is 2.36. The quantitative estimate of drug-likeness (QED) is 0.775. The molecule has 17 heavy (non-hydrogen) atoms. The number of morpholine rings is 1. The molecule has 2 aliphatic rings. The first-order valence-electron chi connectivity index (χ1n) is 6.73. The van der Waals surface area contributed by atoms with Gasteiger partial charge in [-0.05, 0) is 25.2 Å². The van der Waals surface area contributed by atoms with Crippen LogP contribution >= 0.6 is 0 Å². The number of hydrogen-bond acceptors (Lipinski definition) is 3. The molecular formula is C13H24N2O2. The Hall–Kier alpha value is -0.610. The van der Waals surface area contributed by atoms with Crippen molar-refractivity contribution in [2.45, 2.75) is 51.7 Å². The molecule has 1 saturated heterocycles. The minimum absolute atomic E-state index is 0.0277. The van der Waals surface area contributed by atoms with Gasteiger partial charge < -0.3 is 15.4 Å². The first-order chi connectivity index (χ1) is 8.11. The van der Waals surface area contributed by atoms with Crippen molar-refractivity contribution >= 4 is 5.91 Å². The Labute approximate surface area is 103 Å². The summed E-state index contributed by atoms with van der Waals surface area (Å²) in [5.74, 6) is 0.0883.